The van der Waals surface area contributed by atoms with E-state index in [2.05, 4.69) is 6.92 Å². The van der Waals surface area contributed by atoms with Gasteiger partial charge in [-0.1, -0.05) is 0 Å². The summed E-state index contributed by atoms with van der Waals surface area (Å²) in [5.41, 5.74) is 6.15. The second kappa shape index (κ2) is 3.11. The van der Waals surface area contributed by atoms with Gasteiger partial charge in [0.25, 0.3) is 0 Å². The van der Waals surface area contributed by atoms with E-state index in [0.29, 0.717) is 5.44 Å². The van der Waals surface area contributed by atoms with Crippen molar-refractivity contribution in [3.63, 3.8) is 0 Å². The molecule has 0 amide bonds. The molecule has 0 heterocycles. The zero-order valence-corrected chi connectivity index (χ0v) is 7.41. The lowest BCUT2D eigenvalue weighted by Crippen LogP contribution is -2.29. The normalized spacial score (nSPS) is 24.3. The van der Waals surface area contributed by atoms with Crippen LogP contribution in [0.25, 0.3) is 0 Å². The van der Waals surface area contributed by atoms with Gasteiger partial charge >= 0.3 is 0 Å². The molecule has 2 N–H and O–H groups in total. The van der Waals surface area contributed by atoms with Gasteiger partial charge in [-0.3, -0.25) is 0 Å². The number of nitrogens with two attached hydrogens (primary N) is 1. The molecule has 1 aliphatic carbocycles. The largest absolute Gasteiger partial charge is 0.366 e. The summed E-state index contributed by atoms with van der Waals surface area (Å²) in [4.78, 5) is 0. The second-order valence-electron chi connectivity index (χ2n) is 2.98. The number of thioether (sulfide) groups is 1. The maximum atomic E-state index is 5.82. The van der Waals surface area contributed by atoms with E-state index in [1.54, 1.807) is 11.8 Å². The van der Waals surface area contributed by atoms with Gasteiger partial charge in [-0.25, -0.2) is 0 Å². The minimum absolute atomic E-state index is 0.0456. The first-order valence-electron chi connectivity index (χ1n) is 3.60. The molecule has 2 nitrogen and oxygen atoms in total. The van der Waals surface area contributed by atoms with Crippen molar-refractivity contribution in [3.8, 4) is 0 Å². The molecule has 10 heavy (non-hydrogen) atoms. The van der Waals surface area contributed by atoms with Crippen LogP contribution in [0.15, 0.2) is 0 Å². The fourth-order valence-electron chi connectivity index (χ4n) is 0.656. The molecule has 0 radical (unpaired) electrons. The van der Waals surface area contributed by atoms with Crippen molar-refractivity contribution in [2.75, 3.05) is 12.9 Å². The van der Waals surface area contributed by atoms with E-state index in [1.165, 1.54) is 0 Å². The molecule has 0 aromatic carbocycles. The van der Waals surface area contributed by atoms with Crippen molar-refractivity contribution in [1.29, 1.82) is 0 Å². The number of ether oxygens (including phenoxy) is 1. The van der Waals surface area contributed by atoms with Gasteiger partial charge in [0.2, 0.25) is 0 Å². The predicted octanol–water partition coefficient (Wildman–Crippen LogP) is 1.20. The molecule has 0 bridgehead atoms. The Kier molecular flexibility index (Phi) is 2.61. The standard InChI is InChI=1S/C7H15NOS/c1-6(10-2)9-5-7(8)3-4-7/h6H,3-5,8H2,1-2H3. The predicted molar refractivity (Wildman–Crippen MR) is 45.1 cm³/mol. The highest BCUT2D eigenvalue weighted by Gasteiger charge is 2.38. The van der Waals surface area contributed by atoms with Crippen LogP contribution in [0.2, 0.25) is 0 Å². The molecule has 0 aromatic rings. The van der Waals surface area contributed by atoms with Crippen molar-refractivity contribution in [2.45, 2.75) is 30.7 Å². The molecule has 1 rings (SSSR count). The van der Waals surface area contributed by atoms with Gasteiger partial charge in [0, 0.05) is 5.54 Å². The summed E-state index contributed by atoms with van der Waals surface area (Å²) in [7, 11) is 0. The molecule has 0 saturated heterocycles. The minimum atomic E-state index is 0.0456. The smallest absolute Gasteiger partial charge is 0.0997 e. The third kappa shape index (κ3) is 2.48. The van der Waals surface area contributed by atoms with Crippen LogP contribution in [0, 0.1) is 0 Å². The summed E-state index contributed by atoms with van der Waals surface area (Å²) in [6, 6.07) is 0. The molecule has 0 aliphatic heterocycles. The highest BCUT2D eigenvalue weighted by molar-refractivity contribution is 7.99. The van der Waals surface area contributed by atoms with Crippen LogP contribution in [-0.4, -0.2) is 23.8 Å². The van der Waals surface area contributed by atoms with Crippen LogP contribution in [0.5, 0.6) is 0 Å². The highest BCUT2D eigenvalue weighted by Crippen LogP contribution is 2.32. The van der Waals surface area contributed by atoms with Gasteiger partial charge in [0.15, 0.2) is 0 Å². The SMILES string of the molecule is CSC(C)OCC1(N)CC1. The van der Waals surface area contributed by atoms with Gasteiger partial charge in [0.05, 0.1) is 12.0 Å². The maximum absolute atomic E-state index is 5.82. The Labute approximate surface area is 66.5 Å². The van der Waals surface area contributed by atoms with E-state index in [-0.39, 0.29) is 5.54 Å². The molecule has 0 spiro atoms. The average Bonchev–Trinajstić information content (AvgIpc) is 2.64. The third-order valence-electron chi connectivity index (χ3n) is 1.83. The number of rotatable bonds is 4. The lowest BCUT2D eigenvalue weighted by atomic mass is 10.3. The molecule has 1 unspecified atom stereocenters. The Morgan fingerprint density at radius 3 is 2.70 bits per heavy atom. The van der Waals surface area contributed by atoms with Crippen molar-refractivity contribution in [2.24, 2.45) is 5.73 Å². The molecule has 3 heteroatoms. The fraction of sp³-hybridized carbons (Fsp3) is 1.00. The van der Waals surface area contributed by atoms with E-state index >= 15 is 0 Å². The second-order valence-corrected chi connectivity index (χ2v) is 4.11. The van der Waals surface area contributed by atoms with E-state index < -0.39 is 0 Å². The van der Waals surface area contributed by atoms with Crippen LogP contribution >= 0.6 is 11.8 Å². The topological polar surface area (TPSA) is 35.2 Å². The Balaban J connectivity index is 2.04. The van der Waals surface area contributed by atoms with Crippen LogP contribution in [-0.2, 0) is 4.74 Å². The Morgan fingerprint density at radius 1 is 1.70 bits per heavy atom. The Hall–Kier alpha value is 0.270. The fourth-order valence-corrected chi connectivity index (χ4v) is 0.860. The lowest BCUT2D eigenvalue weighted by molar-refractivity contribution is 0.105. The minimum Gasteiger partial charge on any atom is -0.366 e. The van der Waals surface area contributed by atoms with Crippen molar-refractivity contribution in [1.82, 2.24) is 0 Å². The van der Waals surface area contributed by atoms with Crippen LogP contribution in [0.4, 0.5) is 0 Å². The molecule has 0 aromatic heterocycles. The van der Waals surface area contributed by atoms with Crippen molar-refractivity contribution < 1.29 is 4.74 Å². The summed E-state index contributed by atoms with van der Waals surface area (Å²) in [5, 5.41) is 0. The van der Waals surface area contributed by atoms with Crippen LogP contribution in [0.3, 0.4) is 0 Å². The monoisotopic (exact) mass is 161 g/mol. The van der Waals surface area contributed by atoms with Gasteiger partial charge in [-0.05, 0) is 26.0 Å². The van der Waals surface area contributed by atoms with E-state index in [9.17, 15) is 0 Å². The van der Waals surface area contributed by atoms with Crippen LogP contribution in [0.1, 0.15) is 19.8 Å². The first kappa shape index (κ1) is 8.37. The van der Waals surface area contributed by atoms with Gasteiger partial charge < -0.3 is 10.5 Å². The molecular weight excluding hydrogens is 146 g/mol. The summed E-state index contributed by atoms with van der Waals surface area (Å²) in [5.74, 6) is 0. The number of hydrogen-bond donors (Lipinski definition) is 1. The Bertz CT molecular complexity index is 114. The zero-order chi connectivity index (χ0) is 7.61. The molecule has 1 saturated carbocycles. The summed E-state index contributed by atoms with van der Waals surface area (Å²) in [6.45, 7) is 2.78. The average molecular weight is 161 g/mol. The maximum Gasteiger partial charge on any atom is 0.0997 e. The molecule has 1 atom stereocenters. The number of hydrogen-bond acceptors (Lipinski definition) is 3. The molecule has 1 aliphatic rings. The van der Waals surface area contributed by atoms with E-state index in [4.69, 9.17) is 10.5 Å². The van der Waals surface area contributed by atoms with Gasteiger partial charge in [0.1, 0.15) is 0 Å². The zero-order valence-electron chi connectivity index (χ0n) is 6.59. The van der Waals surface area contributed by atoms with E-state index in [0.717, 1.165) is 19.4 Å². The molecule has 1 fully saturated rings. The quantitative estimate of drug-likeness (QED) is 0.629. The lowest BCUT2D eigenvalue weighted by Gasteiger charge is -2.13. The van der Waals surface area contributed by atoms with Crippen LogP contribution < -0.4 is 5.73 Å². The Morgan fingerprint density at radius 2 is 2.30 bits per heavy atom. The highest BCUT2D eigenvalue weighted by atomic mass is 32.2. The summed E-state index contributed by atoms with van der Waals surface area (Å²) >= 11 is 1.72. The first-order chi connectivity index (χ1) is 4.66. The van der Waals surface area contributed by atoms with Crippen molar-refractivity contribution >= 4 is 11.8 Å². The third-order valence-corrected chi connectivity index (χ3v) is 2.63. The van der Waals surface area contributed by atoms with Gasteiger partial charge in [-0.15, -0.1) is 11.8 Å². The van der Waals surface area contributed by atoms with Gasteiger partial charge in [-0.2, -0.15) is 0 Å². The van der Waals surface area contributed by atoms with E-state index in [1.807, 2.05) is 6.26 Å². The summed E-state index contributed by atoms with van der Waals surface area (Å²) in [6.07, 6.45) is 4.31. The van der Waals surface area contributed by atoms with Crippen molar-refractivity contribution in [3.05, 3.63) is 0 Å². The summed E-state index contributed by atoms with van der Waals surface area (Å²) < 4.78 is 5.46. The molecular formula is C7H15NOS. The molecule has 60 valence electrons. The first-order valence-corrected chi connectivity index (χ1v) is 4.88.